The molecule has 0 radical (unpaired) electrons. The summed E-state index contributed by atoms with van der Waals surface area (Å²) < 4.78 is 26.5. The van der Waals surface area contributed by atoms with Crippen molar-refractivity contribution in [1.82, 2.24) is 20.0 Å². The largest absolute Gasteiger partial charge is 0.347 e. The lowest BCUT2D eigenvalue weighted by atomic mass is 10.1. The summed E-state index contributed by atoms with van der Waals surface area (Å²) in [5.74, 6) is -0.0252. The molecule has 0 aliphatic rings. The zero-order valence-electron chi connectivity index (χ0n) is 12.0. The Morgan fingerprint density at radius 2 is 1.86 bits per heavy atom. The molecule has 0 atom stereocenters. The van der Waals surface area contributed by atoms with Crippen LogP contribution < -0.4 is 10.0 Å². The molecule has 2 rings (SSSR count). The lowest BCUT2D eigenvalue weighted by molar-refractivity contribution is 0.579. The molecule has 3 N–H and O–H groups in total. The van der Waals surface area contributed by atoms with Crippen molar-refractivity contribution in [2.75, 3.05) is 6.54 Å². The highest BCUT2D eigenvalue weighted by Crippen LogP contribution is 2.08. The van der Waals surface area contributed by atoms with Gasteiger partial charge in [-0.2, -0.15) is 0 Å². The number of rotatable bonds is 8. The van der Waals surface area contributed by atoms with Gasteiger partial charge in [0, 0.05) is 18.4 Å². The van der Waals surface area contributed by atoms with Gasteiger partial charge in [0.1, 0.15) is 0 Å². The Labute approximate surface area is 125 Å². The minimum Gasteiger partial charge on any atom is -0.347 e. The summed E-state index contributed by atoms with van der Waals surface area (Å²) in [6.07, 6.45) is 3.12. The molecule has 2 aromatic rings. The monoisotopic (exact) mass is 308 g/mol. The summed E-state index contributed by atoms with van der Waals surface area (Å²) in [6.45, 7) is 3.97. The summed E-state index contributed by atoms with van der Waals surface area (Å²) >= 11 is 0. The molecule has 0 aliphatic carbocycles. The van der Waals surface area contributed by atoms with Crippen LogP contribution in [0.5, 0.6) is 0 Å². The number of H-pyrrole nitrogens is 1. The van der Waals surface area contributed by atoms with Gasteiger partial charge in [-0.15, -0.1) is 0 Å². The molecular formula is C14H20N4O2S. The summed E-state index contributed by atoms with van der Waals surface area (Å²) in [7, 11) is -3.35. The minimum atomic E-state index is -3.35. The molecule has 21 heavy (non-hydrogen) atoms. The average Bonchev–Trinajstić information content (AvgIpc) is 2.98. The fraction of sp³-hybridized carbons (Fsp3) is 0.357. The summed E-state index contributed by atoms with van der Waals surface area (Å²) in [5.41, 5.74) is 2.65. The van der Waals surface area contributed by atoms with Gasteiger partial charge in [0.05, 0.1) is 18.6 Å². The van der Waals surface area contributed by atoms with Gasteiger partial charge in [0.25, 0.3) is 0 Å². The number of sulfonamides is 1. The number of aromatic amines is 1. The van der Waals surface area contributed by atoms with Gasteiger partial charge in [-0.25, -0.2) is 18.1 Å². The SMILES string of the molecule is CCNCc1ccc(CS(=O)(=O)NCc2cnc[nH]2)cc1. The van der Waals surface area contributed by atoms with E-state index >= 15 is 0 Å². The molecule has 0 saturated heterocycles. The van der Waals surface area contributed by atoms with Crippen LogP contribution in [0.4, 0.5) is 0 Å². The molecule has 0 fully saturated rings. The smallest absolute Gasteiger partial charge is 0.216 e. The van der Waals surface area contributed by atoms with Crippen LogP contribution >= 0.6 is 0 Å². The van der Waals surface area contributed by atoms with Gasteiger partial charge in [-0.3, -0.25) is 0 Å². The Bertz CT molecular complexity index is 636. The van der Waals surface area contributed by atoms with Gasteiger partial charge < -0.3 is 10.3 Å². The second-order valence-electron chi connectivity index (χ2n) is 4.75. The molecule has 114 valence electrons. The number of nitrogens with one attached hydrogen (secondary N) is 3. The van der Waals surface area contributed by atoms with E-state index in [2.05, 4.69) is 20.0 Å². The van der Waals surface area contributed by atoms with Crippen LogP contribution in [-0.4, -0.2) is 24.9 Å². The van der Waals surface area contributed by atoms with Crippen molar-refractivity contribution in [3.63, 3.8) is 0 Å². The maximum absolute atomic E-state index is 12.0. The van der Waals surface area contributed by atoms with Gasteiger partial charge >= 0.3 is 0 Å². The molecule has 7 heteroatoms. The third kappa shape index (κ3) is 5.30. The zero-order chi connectivity index (χ0) is 15.1. The van der Waals surface area contributed by atoms with E-state index in [1.165, 1.54) is 6.33 Å². The molecule has 0 saturated carbocycles. The number of benzene rings is 1. The molecular weight excluding hydrogens is 288 g/mol. The van der Waals surface area contributed by atoms with Crippen LogP contribution in [0.2, 0.25) is 0 Å². The van der Waals surface area contributed by atoms with Crippen LogP contribution in [0.15, 0.2) is 36.8 Å². The zero-order valence-corrected chi connectivity index (χ0v) is 12.8. The predicted octanol–water partition coefficient (Wildman–Crippen LogP) is 1.14. The molecule has 1 aromatic heterocycles. The Hall–Kier alpha value is -1.70. The minimum absolute atomic E-state index is 0.0252. The number of imidazole rings is 1. The first kappa shape index (κ1) is 15.7. The van der Waals surface area contributed by atoms with Crippen molar-refractivity contribution in [2.45, 2.75) is 25.8 Å². The van der Waals surface area contributed by atoms with Crippen molar-refractivity contribution in [2.24, 2.45) is 0 Å². The summed E-state index contributed by atoms with van der Waals surface area (Å²) in [5, 5.41) is 3.23. The number of nitrogens with zero attached hydrogens (tertiary/aromatic N) is 1. The van der Waals surface area contributed by atoms with Crippen LogP contribution in [0.3, 0.4) is 0 Å². The van der Waals surface area contributed by atoms with E-state index in [0.717, 1.165) is 29.9 Å². The quantitative estimate of drug-likeness (QED) is 0.682. The van der Waals surface area contributed by atoms with E-state index in [0.29, 0.717) is 0 Å². The highest BCUT2D eigenvalue weighted by Gasteiger charge is 2.11. The number of hydrogen-bond donors (Lipinski definition) is 3. The average molecular weight is 308 g/mol. The molecule has 1 heterocycles. The second-order valence-corrected chi connectivity index (χ2v) is 6.56. The van der Waals surface area contributed by atoms with Gasteiger partial charge in [0.15, 0.2) is 0 Å². The normalized spacial score (nSPS) is 11.7. The van der Waals surface area contributed by atoms with E-state index in [9.17, 15) is 8.42 Å². The van der Waals surface area contributed by atoms with Gasteiger partial charge in [-0.1, -0.05) is 31.2 Å². The van der Waals surface area contributed by atoms with Crippen molar-refractivity contribution >= 4 is 10.0 Å². The van der Waals surface area contributed by atoms with Crippen LogP contribution in [0, 0.1) is 0 Å². The maximum Gasteiger partial charge on any atom is 0.216 e. The second kappa shape index (κ2) is 7.35. The molecule has 0 spiro atoms. The van der Waals surface area contributed by atoms with E-state index in [1.807, 2.05) is 31.2 Å². The van der Waals surface area contributed by atoms with Crippen molar-refractivity contribution < 1.29 is 8.42 Å². The first-order chi connectivity index (χ1) is 10.1. The van der Waals surface area contributed by atoms with Crippen molar-refractivity contribution in [3.8, 4) is 0 Å². The molecule has 1 aromatic carbocycles. The fourth-order valence-electron chi connectivity index (χ4n) is 1.86. The highest BCUT2D eigenvalue weighted by atomic mass is 32.2. The predicted molar refractivity (Wildman–Crippen MR) is 81.9 cm³/mol. The Morgan fingerprint density at radius 3 is 2.48 bits per heavy atom. The lowest BCUT2D eigenvalue weighted by Crippen LogP contribution is -2.24. The first-order valence-electron chi connectivity index (χ1n) is 6.82. The highest BCUT2D eigenvalue weighted by molar-refractivity contribution is 7.88. The Kier molecular flexibility index (Phi) is 5.49. The molecule has 0 unspecified atom stereocenters. The Balaban J connectivity index is 1.90. The van der Waals surface area contributed by atoms with Crippen molar-refractivity contribution in [1.29, 1.82) is 0 Å². The standard InChI is InChI=1S/C14H20N4O2S/c1-2-15-7-12-3-5-13(6-4-12)10-21(19,20)18-9-14-8-16-11-17-14/h3-6,8,11,15,18H,2,7,9-10H2,1H3,(H,16,17). The number of aromatic nitrogens is 2. The third-order valence-electron chi connectivity index (χ3n) is 3.00. The Morgan fingerprint density at radius 1 is 1.14 bits per heavy atom. The fourth-order valence-corrected chi connectivity index (χ4v) is 2.97. The van der Waals surface area contributed by atoms with Gasteiger partial charge in [-0.05, 0) is 17.7 Å². The molecule has 6 nitrogen and oxygen atoms in total. The van der Waals surface area contributed by atoms with E-state index in [-0.39, 0.29) is 12.3 Å². The van der Waals surface area contributed by atoms with Crippen LogP contribution in [0.25, 0.3) is 0 Å². The van der Waals surface area contributed by atoms with Gasteiger partial charge in [0.2, 0.25) is 10.0 Å². The molecule has 0 amide bonds. The lowest BCUT2D eigenvalue weighted by Gasteiger charge is -2.07. The van der Waals surface area contributed by atoms with Crippen molar-refractivity contribution in [3.05, 3.63) is 53.6 Å². The molecule has 0 bridgehead atoms. The van der Waals surface area contributed by atoms with Crippen LogP contribution in [-0.2, 0) is 28.9 Å². The number of hydrogen-bond acceptors (Lipinski definition) is 4. The van der Waals surface area contributed by atoms with E-state index in [1.54, 1.807) is 6.20 Å². The molecule has 0 aliphatic heterocycles. The summed E-state index contributed by atoms with van der Waals surface area (Å²) in [6, 6.07) is 7.59. The maximum atomic E-state index is 12.0. The topological polar surface area (TPSA) is 86.9 Å². The third-order valence-corrected chi connectivity index (χ3v) is 4.29. The van der Waals surface area contributed by atoms with Crippen LogP contribution in [0.1, 0.15) is 23.7 Å². The van der Waals surface area contributed by atoms with E-state index < -0.39 is 10.0 Å². The van der Waals surface area contributed by atoms with E-state index in [4.69, 9.17) is 0 Å². The summed E-state index contributed by atoms with van der Waals surface area (Å²) in [4.78, 5) is 6.70. The first-order valence-corrected chi connectivity index (χ1v) is 8.47.